The van der Waals surface area contributed by atoms with E-state index in [0.717, 1.165) is 44.5 Å². The van der Waals surface area contributed by atoms with E-state index in [1.165, 1.54) is 6.42 Å². The van der Waals surface area contributed by atoms with Gasteiger partial charge in [-0.25, -0.2) is 0 Å². The molecule has 1 amide bonds. The van der Waals surface area contributed by atoms with E-state index < -0.39 is 0 Å². The van der Waals surface area contributed by atoms with Crippen molar-refractivity contribution in [1.82, 2.24) is 10.1 Å². The topological polar surface area (TPSA) is 72.4 Å². The third kappa shape index (κ3) is 2.09. The van der Waals surface area contributed by atoms with Crippen LogP contribution in [-0.4, -0.2) is 29.1 Å². The minimum Gasteiger partial charge on any atom is -0.368 e. The summed E-state index contributed by atoms with van der Waals surface area (Å²) in [7, 11) is 0. The summed E-state index contributed by atoms with van der Waals surface area (Å²) >= 11 is 0. The molecule has 1 saturated heterocycles. The van der Waals surface area contributed by atoms with Gasteiger partial charge in [-0.1, -0.05) is 11.6 Å². The zero-order valence-electron chi connectivity index (χ0n) is 10.5. The van der Waals surface area contributed by atoms with E-state index in [-0.39, 0.29) is 0 Å². The molecule has 1 aliphatic carbocycles. The first-order chi connectivity index (χ1) is 8.74. The van der Waals surface area contributed by atoms with Crippen LogP contribution in [0.2, 0.25) is 0 Å². The highest BCUT2D eigenvalue weighted by molar-refractivity contribution is 5.79. The first-order valence-electron chi connectivity index (χ1n) is 6.75. The number of rotatable bonds is 2. The van der Waals surface area contributed by atoms with Gasteiger partial charge in [-0.2, -0.15) is 0 Å². The van der Waals surface area contributed by atoms with Crippen LogP contribution in [0, 0.1) is 5.92 Å². The van der Waals surface area contributed by atoms with Crippen LogP contribution in [0.4, 0.5) is 5.88 Å². The zero-order chi connectivity index (χ0) is 12.5. The number of anilines is 1. The quantitative estimate of drug-likeness (QED) is 0.866. The Hall–Kier alpha value is -1.52. The molecule has 5 heteroatoms. The molecule has 1 aromatic rings. The van der Waals surface area contributed by atoms with Gasteiger partial charge in [0.05, 0.1) is 5.69 Å². The number of nitrogen functional groups attached to an aromatic ring is 1. The highest BCUT2D eigenvalue weighted by atomic mass is 16.5. The van der Waals surface area contributed by atoms with E-state index in [1.807, 2.05) is 4.90 Å². The third-order valence-electron chi connectivity index (χ3n) is 4.23. The van der Waals surface area contributed by atoms with Crippen LogP contribution in [-0.2, 0) is 4.79 Å². The van der Waals surface area contributed by atoms with Crippen LogP contribution in [0.25, 0.3) is 0 Å². The van der Waals surface area contributed by atoms with Crippen molar-refractivity contribution in [3.63, 3.8) is 0 Å². The molecule has 5 nitrogen and oxygen atoms in total. The van der Waals surface area contributed by atoms with Crippen LogP contribution in [0.3, 0.4) is 0 Å². The summed E-state index contributed by atoms with van der Waals surface area (Å²) in [4.78, 5) is 14.1. The number of nitrogens with zero attached hydrogens (tertiary/aromatic N) is 2. The molecule has 0 unspecified atom stereocenters. The van der Waals surface area contributed by atoms with Crippen molar-refractivity contribution in [2.75, 3.05) is 18.8 Å². The van der Waals surface area contributed by atoms with Gasteiger partial charge in [-0.15, -0.1) is 0 Å². The van der Waals surface area contributed by atoms with Crippen molar-refractivity contribution in [2.45, 2.75) is 38.0 Å². The van der Waals surface area contributed by atoms with Gasteiger partial charge in [0.15, 0.2) is 0 Å². The van der Waals surface area contributed by atoms with E-state index in [9.17, 15) is 4.79 Å². The highest BCUT2D eigenvalue weighted by Crippen LogP contribution is 2.32. The summed E-state index contributed by atoms with van der Waals surface area (Å²) in [5.41, 5.74) is 6.47. The first kappa shape index (κ1) is 11.6. The molecule has 1 aromatic heterocycles. The van der Waals surface area contributed by atoms with E-state index in [4.69, 9.17) is 10.3 Å². The number of carbonyl (C=O) groups excluding carboxylic acids is 1. The number of carbonyl (C=O) groups is 1. The molecule has 0 spiro atoms. The lowest BCUT2D eigenvalue weighted by Crippen LogP contribution is -2.43. The Labute approximate surface area is 106 Å². The highest BCUT2D eigenvalue weighted by Gasteiger charge is 2.32. The molecule has 2 aliphatic rings. The summed E-state index contributed by atoms with van der Waals surface area (Å²) in [5.74, 6) is 1.43. The van der Waals surface area contributed by atoms with Crippen LogP contribution in [0.1, 0.15) is 43.7 Å². The second-order valence-corrected chi connectivity index (χ2v) is 5.38. The Balaban J connectivity index is 1.56. The molecular weight excluding hydrogens is 230 g/mol. The first-order valence-corrected chi connectivity index (χ1v) is 6.75. The fourth-order valence-electron chi connectivity index (χ4n) is 2.81. The number of nitrogens with two attached hydrogens (primary N) is 1. The molecule has 98 valence electrons. The fourth-order valence-corrected chi connectivity index (χ4v) is 2.81. The van der Waals surface area contributed by atoms with Crippen molar-refractivity contribution in [2.24, 2.45) is 5.92 Å². The third-order valence-corrected chi connectivity index (χ3v) is 4.23. The lowest BCUT2D eigenvalue weighted by atomic mass is 9.83. The van der Waals surface area contributed by atoms with Gasteiger partial charge >= 0.3 is 0 Å². The second kappa shape index (κ2) is 4.63. The van der Waals surface area contributed by atoms with E-state index in [1.54, 1.807) is 6.07 Å². The minimum atomic E-state index is 0.309. The van der Waals surface area contributed by atoms with Gasteiger partial charge in [-0.05, 0) is 25.7 Å². The standard InChI is InChI=1S/C13H19N3O2/c14-12-8-11(15-18-12)9-4-6-16(7-5-9)13(17)10-2-1-3-10/h8-10H,1-7,14H2. The predicted molar refractivity (Wildman–Crippen MR) is 66.8 cm³/mol. The Morgan fingerprint density at radius 3 is 2.56 bits per heavy atom. The van der Waals surface area contributed by atoms with Crippen LogP contribution in [0.15, 0.2) is 10.6 Å². The lowest BCUT2D eigenvalue weighted by Gasteiger charge is -2.36. The molecule has 0 aromatic carbocycles. The Morgan fingerprint density at radius 2 is 2.06 bits per heavy atom. The van der Waals surface area contributed by atoms with Gasteiger partial charge in [0.2, 0.25) is 11.8 Å². The SMILES string of the molecule is Nc1cc(C2CCN(C(=O)C3CCC3)CC2)no1. The predicted octanol–water partition coefficient (Wildman–Crippen LogP) is 1.76. The van der Waals surface area contributed by atoms with Crippen molar-refractivity contribution in [3.05, 3.63) is 11.8 Å². The van der Waals surface area contributed by atoms with E-state index in [2.05, 4.69) is 5.16 Å². The molecule has 3 rings (SSSR count). The molecule has 18 heavy (non-hydrogen) atoms. The van der Waals surface area contributed by atoms with Gasteiger partial charge in [0.1, 0.15) is 0 Å². The maximum atomic E-state index is 12.1. The number of hydrogen-bond donors (Lipinski definition) is 1. The van der Waals surface area contributed by atoms with Gasteiger partial charge in [0, 0.05) is 31.0 Å². The summed E-state index contributed by atoms with van der Waals surface area (Å²) < 4.78 is 4.90. The second-order valence-electron chi connectivity index (χ2n) is 5.38. The van der Waals surface area contributed by atoms with Crippen LogP contribution in [0.5, 0.6) is 0 Å². The zero-order valence-corrected chi connectivity index (χ0v) is 10.5. The average Bonchev–Trinajstić information content (AvgIpc) is 2.74. The number of aromatic nitrogens is 1. The lowest BCUT2D eigenvalue weighted by molar-refractivity contribution is -0.139. The number of amides is 1. The summed E-state index contributed by atoms with van der Waals surface area (Å²) in [5, 5.41) is 3.97. The van der Waals surface area contributed by atoms with Crippen molar-refractivity contribution in [1.29, 1.82) is 0 Å². The minimum absolute atomic E-state index is 0.309. The maximum absolute atomic E-state index is 12.1. The molecule has 2 heterocycles. The smallest absolute Gasteiger partial charge is 0.225 e. The Kier molecular flexibility index (Phi) is 2.97. The van der Waals surface area contributed by atoms with Gasteiger partial charge in [-0.3, -0.25) is 4.79 Å². The monoisotopic (exact) mass is 249 g/mol. The van der Waals surface area contributed by atoms with Gasteiger partial charge < -0.3 is 15.2 Å². The molecule has 2 N–H and O–H groups in total. The molecule has 0 radical (unpaired) electrons. The Bertz CT molecular complexity index is 431. The van der Waals surface area contributed by atoms with E-state index in [0.29, 0.717) is 23.6 Å². The Morgan fingerprint density at radius 1 is 1.33 bits per heavy atom. The van der Waals surface area contributed by atoms with Crippen molar-refractivity contribution < 1.29 is 9.32 Å². The van der Waals surface area contributed by atoms with Crippen LogP contribution >= 0.6 is 0 Å². The average molecular weight is 249 g/mol. The van der Waals surface area contributed by atoms with Crippen molar-refractivity contribution >= 4 is 11.8 Å². The van der Waals surface area contributed by atoms with Crippen molar-refractivity contribution in [3.8, 4) is 0 Å². The summed E-state index contributed by atoms with van der Waals surface area (Å²) in [6.45, 7) is 1.68. The summed E-state index contributed by atoms with van der Waals surface area (Å²) in [6.07, 6.45) is 5.30. The van der Waals surface area contributed by atoms with Gasteiger partial charge in [0.25, 0.3) is 0 Å². The number of hydrogen-bond acceptors (Lipinski definition) is 4. The molecule has 2 fully saturated rings. The largest absolute Gasteiger partial charge is 0.368 e. The maximum Gasteiger partial charge on any atom is 0.225 e. The number of likely N-dealkylation sites (tertiary alicyclic amines) is 1. The van der Waals surface area contributed by atoms with E-state index >= 15 is 0 Å². The fraction of sp³-hybridized carbons (Fsp3) is 0.692. The summed E-state index contributed by atoms with van der Waals surface area (Å²) in [6, 6.07) is 1.80. The number of piperidine rings is 1. The molecule has 0 atom stereocenters. The molecule has 1 saturated carbocycles. The van der Waals surface area contributed by atoms with Crippen LogP contribution < -0.4 is 5.73 Å². The molecule has 1 aliphatic heterocycles. The normalized spacial score (nSPS) is 21.9. The molecule has 0 bridgehead atoms. The molecular formula is C13H19N3O2.